The summed E-state index contributed by atoms with van der Waals surface area (Å²) in [6.07, 6.45) is 3.09. The van der Waals surface area contributed by atoms with E-state index in [1.807, 2.05) is 6.92 Å². The maximum Gasteiger partial charge on any atom is 0.459 e. The number of rotatable bonds is 13. The van der Waals surface area contributed by atoms with Gasteiger partial charge in [-0.15, -0.1) is 11.6 Å². The quantitative estimate of drug-likeness (QED) is 0.135. The molecule has 1 aliphatic carbocycles. The molecule has 246 valence electrons. The van der Waals surface area contributed by atoms with Crippen LogP contribution in [0.1, 0.15) is 52.9 Å². The Morgan fingerprint density at radius 3 is 2.71 bits per heavy atom. The highest BCUT2D eigenvalue weighted by Gasteiger charge is 2.53. The average Bonchev–Trinajstić information content (AvgIpc) is 3.50. The van der Waals surface area contributed by atoms with E-state index >= 15 is 0 Å². The molecule has 6 atom stereocenters. The van der Waals surface area contributed by atoms with Crippen LogP contribution in [0.4, 0.5) is 5.95 Å². The van der Waals surface area contributed by atoms with Gasteiger partial charge in [0.1, 0.15) is 30.1 Å². The van der Waals surface area contributed by atoms with E-state index in [2.05, 4.69) is 20.0 Å². The Morgan fingerprint density at radius 2 is 2.00 bits per heavy atom. The fourth-order valence-corrected chi connectivity index (χ4v) is 7.19. The molecule has 2 aromatic heterocycles. The van der Waals surface area contributed by atoms with Crippen molar-refractivity contribution in [3.05, 3.63) is 36.7 Å². The number of aliphatic hydroxyl groups excluding tert-OH is 1. The predicted octanol–water partition coefficient (Wildman–Crippen LogP) is 3.99. The van der Waals surface area contributed by atoms with Crippen molar-refractivity contribution in [3.8, 4) is 11.6 Å². The lowest BCUT2D eigenvalue weighted by Crippen LogP contribution is -2.42. The van der Waals surface area contributed by atoms with Gasteiger partial charge in [0.15, 0.2) is 11.2 Å². The van der Waals surface area contributed by atoms with E-state index in [1.165, 1.54) is 13.3 Å². The summed E-state index contributed by atoms with van der Waals surface area (Å²) in [6.45, 7) is 5.14. The van der Waals surface area contributed by atoms with Crippen molar-refractivity contribution < 1.29 is 37.7 Å². The third-order valence-corrected chi connectivity index (χ3v) is 10.0. The molecule has 5 rings (SSSR count). The number of nitrogens with one attached hydrogen (secondary N) is 1. The topological polar surface area (TPSA) is 182 Å². The summed E-state index contributed by atoms with van der Waals surface area (Å²) in [6, 6.07) is 7.41. The first-order valence-corrected chi connectivity index (χ1v) is 17.0. The lowest BCUT2D eigenvalue weighted by atomic mass is 9.97. The Balaban J connectivity index is 1.29. The van der Waals surface area contributed by atoms with Crippen LogP contribution < -0.4 is 20.1 Å². The van der Waals surface area contributed by atoms with Crippen LogP contribution in [0, 0.1) is 0 Å². The van der Waals surface area contributed by atoms with Gasteiger partial charge in [-0.05, 0) is 58.6 Å². The molecule has 0 radical (unpaired) electrons. The minimum Gasteiger partial charge on any atom is -0.476 e. The van der Waals surface area contributed by atoms with Crippen LogP contribution in [0.15, 0.2) is 36.7 Å². The number of carbonyl (C=O) groups excluding carboxylic acids is 1. The summed E-state index contributed by atoms with van der Waals surface area (Å²) in [5, 5.41) is 13.9. The van der Waals surface area contributed by atoms with Gasteiger partial charge < -0.3 is 34.1 Å². The number of imidazole rings is 1. The highest BCUT2D eigenvalue weighted by atomic mass is 35.5. The summed E-state index contributed by atoms with van der Waals surface area (Å²) < 4.78 is 44.6. The van der Waals surface area contributed by atoms with Gasteiger partial charge in [0.25, 0.3) is 0 Å². The number of nitrogens with two attached hydrogens (primary N) is 1. The molecule has 14 nitrogen and oxygen atoms in total. The zero-order valence-electron chi connectivity index (χ0n) is 25.5. The smallest absolute Gasteiger partial charge is 0.459 e. The predicted molar refractivity (Wildman–Crippen MR) is 166 cm³/mol. The van der Waals surface area contributed by atoms with Gasteiger partial charge in [0.05, 0.1) is 37.1 Å². The molecule has 16 heteroatoms. The highest BCUT2D eigenvalue weighted by Crippen LogP contribution is 2.47. The molecule has 0 spiro atoms. The third-order valence-electron chi connectivity index (χ3n) is 7.91. The summed E-state index contributed by atoms with van der Waals surface area (Å²) in [5.41, 5.74) is 6.72. The molecule has 0 amide bonds. The number of esters is 1. The van der Waals surface area contributed by atoms with Crippen molar-refractivity contribution in [2.24, 2.45) is 0 Å². The molecule has 45 heavy (non-hydrogen) atoms. The first-order chi connectivity index (χ1) is 21.5. The molecular weight excluding hydrogens is 627 g/mol. The molecule has 3 heterocycles. The van der Waals surface area contributed by atoms with Crippen LogP contribution in [0.25, 0.3) is 11.2 Å². The zero-order valence-corrected chi connectivity index (χ0v) is 27.2. The summed E-state index contributed by atoms with van der Waals surface area (Å²) in [4.78, 5) is 24.4. The van der Waals surface area contributed by atoms with Gasteiger partial charge in [-0.1, -0.05) is 24.6 Å². The number of anilines is 1. The zero-order chi connectivity index (χ0) is 32.2. The van der Waals surface area contributed by atoms with E-state index < -0.39 is 42.9 Å². The molecular formula is C29H40ClN6O8P. The fraction of sp³-hybridized carbons (Fsp3) is 0.586. The second kappa shape index (κ2) is 14.2. The standard InChI is InChI=1S/C29H40ClN6O8P/c1-4-40-26-23-25(33-28(31)34-26)36(17-32-23)15-22-29(3,30)24(37)21(43-22)16-41-45(39,44-20-13-9-6-10-14-20)35-18(2)27(38)42-19-11-7-5-8-12-19/h6,9-10,13-14,17-19,21-22,24,37H,4-5,7-8,11-12,15-16H2,1-3H3,(H,35,39)(H2,31,33,34)/t18?,21-,22+,24-,29+,45?/m1/s1. The normalized spacial score (nSPS) is 25.9. The lowest BCUT2D eigenvalue weighted by Gasteiger charge is -2.27. The van der Waals surface area contributed by atoms with Gasteiger partial charge in [0.2, 0.25) is 11.8 Å². The molecule has 2 fully saturated rings. The van der Waals surface area contributed by atoms with E-state index in [1.54, 1.807) is 41.8 Å². The van der Waals surface area contributed by atoms with Crippen LogP contribution in [0.5, 0.6) is 11.6 Å². The van der Waals surface area contributed by atoms with Crippen LogP contribution in [0.3, 0.4) is 0 Å². The number of nitrogens with zero attached hydrogens (tertiary/aromatic N) is 4. The minimum atomic E-state index is -4.20. The maximum atomic E-state index is 14.0. The van der Waals surface area contributed by atoms with Gasteiger partial charge in [0, 0.05) is 0 Å². The van der Waals surface area contributed by atoms with E-state index in [0.29, 0.717) is 17.8 Å². The molecule has 0 bridgehead atoms. The van der Waals surface area contributed by atoms with Crippen LogP contribution in [-0.4, -0.2) is 79.1 Å². The van der Waals surface area contributed by atoms with Crippen LogP contribution in [0.2, 0.25) is 0 Å². The number of benzene rings is 1. The Hall–Kier alpha value is -3.00. The summed E-state index contributed by atoms with van der Waals surface area (Å²) >= 11 is 6.83. The number of alkyl halides is 1. The van der Waals surface area contributed by atoms with Crippen LogP contribution >= 0.6 is 19.3 Å². The number of aliphatic hydroxyl groups is 1. The fourth-order valence-electron chi connectivity index (χ4n) is 5.43. The molecule has 1 aliphatic heterocycles. The van der Waals surface area contributed by atoms with E-state index in [0.717, 1.165) is 32.1 Å². The average molecular weight is 667 g/mol. The van der Waals surface area contributed by atoms with Crippen LogP contribution in [-0.2, 0) is 29.9 Å². The number of hydrogen-bond donors (Lipinski definition) is 3. The highest BCUT2D eigenvalue weighted by molar-refractivity contribution is 7.52. The van der Waals surface area contributed by atoms with E-state index in [4.69, 9.17) is 40.6 Å². The molecule has 1 aromatic carbocycles. The van der Waals surface area contributed by atoms with Gasteiger partial charge in [-0.25, -0.2) is 9.55 Å². The SMILES string of the molecule is CCOc1nc(N)nc2c1ncn2C[C@@H]1O[C@H](COP(=O)(NC(C)C(=O)OC2CCCCC2)Oc2ccccc2)[C@@H](O)[C@@]1(C)Cl. The number of fused-ring (bicyclic) bond motifs is 1. The van der Waals surface area contributed by atoms with E-state index in [-0.39, 0.29) is 36.8 Å². The number of halogens is 1. The van der Waals surface area contributed by atoms with Crippen molar-refractivity contribution >= 4 is 42.4 Å². The maximum absolute atomic E-state index is 14.0. The summed E-state index contributed by atoms with van der Waals surface area (Å²) in [5.74, 6) is -0.0331. The number of hydrogen-bond acceptors (Lipinski definition) is 12. The van der Waals surface area contributed by atoms with E-state index in [9.17, 15) is 14.5 Å². The molecule has 1 saturated heterocycles. The first-order valence-electron chi connectivity index (χ1n) is 15.1. The van der Waals surface area contributed by atoms with Crippen molar-refractivity contribution in [1.29, 1.82) is 0 Å². The van der Waals surface area contributed by atoms with Crippen molar-refractivity contribution in [3.63, 3.8) is 0 Å². The Kier molecular flexibility index (Phi) is 10.5. The molecule has 2 unspecified atom stereocenters. The Bertz CT molecular complexity index is 1500. The van der Waals surface area contributed by atoms with Crippen molar-refractivity contribution in [1.82, 2.24) is 24.6 Å². The van der Waals surface area contributed by atoms with Crippen molar-refractivity contribution in [2.45, 2.75) is 94.8 Å². The number of carbonyl (C=O) groups is 1. The molecule has 1 saturated carbocycles. The number of aromatic nitrogens is 4. The second-order valence-corrected chi connectivity index (χ2v) is 13.9. The third kappa shape index (κ3) is 7.87. The van der Waals surface area contributed by atoms with Crippen molar-refractivity contribution in [2.75, 3.05) is 18.9 Å². The minimum absolute atomic E-state index is 0.0125. The lowest BCUT2D eigenvalue weighted by molar-refractivity contribution is -0.152. The van der Waals surface area contributed by atoms with Gasteiger partial charge in [-0.3, -0.25) is 9.32 Å². The largest absolute Gasteiger partial charge is 0.476 e. The molecule has 4 N–H and O–H groups in total. The first kappa shape index (κ1) is 33.4. The van der Waals surface area contributed by atoms with Gasteiger partial charge in [-0.2, -0.15) is 15.1 Å². The monoisotopic (exact) mass is 666 g/mol. The number of ether oxygens (including phenoxy) is 3. The molecule has 3 aromatic rings. The second-order valence-electron chi connectivity index (χ2n) is 11.4. The number of para-hydroxylation sites is 1. The number of nitrogen functional groups attached to an aromatic ring is 1. The Morgan fingerprint density at radius 1 is 1.27 bits per heavy atom. The molecule has 2 aliphatic rings. The Labute approximate surface area is 266 Å². The summed E-state index contributed by atoms with van der Waals surface area (Å²) in [7, 11) is -4.20. The van der Waals surface area contributed by atoms with Gasteiger partial charge >= 0.3 is 13.7 Å².